The Labute approximate surface area is 118 Å². The molecule has 114 valence electrons. The first-order valence-corrected chi connectivity index (χ1v) is 6.70. The second-order valence-corrected chi connectivity index (χ2v) is 4.77. The smallest absolute Gasteiger partial charge is 0.310 e. The van der Waals surface area contributed by atoms with E-state index < -0.39 is 0 Å². The summed E-state index contributed by atoms with van der Waals surface area (Å²) in [7, 11) is 2.71. The highest BCUT2D eigenvalue weighted by Crippen LogP contribution is 2.16. The number of amides is 1. The Morgan fingerprint density at radius 3 is 2.65 bits per heavy atom. The van der Waals surface area contributed by atoms with Crippen molar-refractivity contribution in [1.82, 2.24) is 10.2 Å². The van der Waals surface area contributed by atoms with Crippen LogP contribution in [0, 0.1) is 5.92 Å². The SMILES string of the molecule is COC(=O)CCCNC(=O)CN1CCC(C(=O)OC)C1. The monoisotopic (exact) mass is 286 g/mol. The van der Waals surface area contributed by atoms with Crippen LogP contribution in [0.4, 0.5) is 0 Å². The average Bonchev–Trinajstić information content (AvgIpc) is 2.90. The van der Waals surface area contributed by atoms with Crippen molar-refractivity contribution in [2.75, 3.05) is 40.4 Å². The fraction of sp³-hybridized carbons (Fsp3) is 0.769. The van der Waals surface area contributed by atoms with Crippen LogP contribution < -0.4 is 5.32 Å². The third kappa shape index (κ3) is 5.56. The number of ether oxygens (including phenoxy) is 2. The van der Waals surface area contributed by atoms with Crippen molar-refractivity contribution in [2.45, 2.75) is 19.3 Å². The first-order chi connectivity index (χ1) is 9.56. The Morgan fingerprint density at radius 1 is 1.25 bits per heavy atom. The van der Waals surface area contributed by atoms with Gasteiger partial charge in [0.15, 0.2) is 0 Å². The van der Waals surface area contributed by atoms with Gasteiger partial charge in [-0.25, -0.2) is 0 Å². The molecule has 0 aromatic rings. The molecule has 0 saturated carbocycles. The van der Waals surface area contributed by atoms with Crippen LogP contribution in [0.2, 0.25) is 0 Å². The molecule has 1 aliphatic heterocycles. The van der Waals surface area contributed by atoms with Gasteiger partial charge < -0.3 is 14.8 Å². The van der Waals surface area contributed by atoms with E-state index in [9.17, 15) is 14.4 Å². The molecule has 0 bridgehead atoms. The van der Waals surface area contributed by atoms with E-state index in [0.717, 1.165) is 13.0 Å². The van der Waals surface area contributed by atoms with Gasteiger partial charge in [-0.2, -0.15) is 0 Å². The van der Waals surface area contributed by atoms with E-state index in [2.05, 4.69) is 14.8 Å². The second-order valence-electron chi connectivity index (χ2n) is 4.77. The summed E-state index contributed by atoms with van der Waals surface area (Å²) < 4.78 is 9.20. The van der Waals surface area contributed by atoms with Gasteiger partial charge in [0, 0.05) is 19.5 Å². The van der Waals surface area contributed by atoms with E-state index in [1.807, 2.05) is 4.90 Å². The Hall–Kier alpha value is -1.63. The van der Waals surface area contributed by atoms with Crippen molar-refractivity contribution in [1.29, 1.82) is 0 Å². The molecule has 7 nitrogen and oxygen atoms in total. The fourth-order valence-corrected chi connectivity index (χ4v) is 2.16. The summed E-state index contributed by atoms with van der Waals surface area (Å²) in [5, 5.41) is 2.74. The molecule has 0 spiro atoms. The number of carbonyl (C=O) groups excluding carboxylic acids is 3. The zero-order valence-electron chi connectivity index (χ0n) is 12.0. The number of likely N-dealkylation sites (tertiary alicyclic amines) is 1. The second kappa shape index (κ2) is 8.52. The number of hydrogen-bond donors (Lipinski definition) is 1. The highest BCUT2D eigenvalue weighted by Gasteiger charge is 2.29. The van der Waals surface area contributed by atoms with Gasteiger partial charge in [0.05, 0.1) is 26.7 Å². The lowest BCUT2D eigenvalue weighted by molar-refractivity contribution is -0.145. The van der Waals surface area contributed by atoms with E-state index in [-0.39, 0.29) is 30.3 Å². The van der Waals surface area contributed by atoms with Gasteiger partial charge in [-0.1, -0.05) is 0 Å². The van der Waals surface area contributed by atoms with Crippen LogP contribution in [0.5, 0.6) is 0 Å². The van der Waals surface area contributed by atoms with Crippen molar-refractivity contribution in [3.8, 4) is 0 Å². The molecule has 0 aromatic carbocycles. The maximum absolute atomic E-state index is 11.7. The Bertz CT molecular complexity index is 359. The van der Waals surface area contributed by atoms with E-state index in [4.69, 9.17) is 0 Å². The van der Waals surface area contributed by atoms with Gasteiger partial charge in [0.1, 0.15) is 0 Å². The van der Waals surface area contributed by atoms with Crippen LogP contribution in [0.3, 0.4) is 0 Å². The molecule has 7 heteroatoms. The first-order valence-electron chi connectivity index (χ1n) is 6.70. The molecule has 1 saturated heterocycles. The number of nitrogens with zero attached hydrogens (tertiary/aromatic N) is 1. The molecular formula is C13H22N2O5. The fourth-order valence-electron chi connectivity index (χ4n) is 2.16. The molecule has 1 N–H and O–H groups in total. The maximum Gasteiger partial charge on any atom is 0.310 e. The van der Waals surface area contributed by atoms with Crippen molar-refractivity contribution in [3.63, 3.8) is 0 Å². The van der Waals surface area contributed by atoms with Gasteiger partial charge in [-0.3, -0.25) is 19.3 Å². The Kier molecular flexibility index (Phi) is 7.00. The zero-order valence-corrected chi connectivity index (χ0v) is 12.0. The van der Waals surface area contributed by atoms with Gasteiger partial charge in [-0.05, 0) is 19.4 Å². The van der Waals surface area contributed by atoms with Crippen LogP contribution in [0.25, 0.3) is 0 Å². The lowest BCUT2D eigenvalue weighted by Crippen LogP contribution is -2.37. The molecule has 20 heavy (non-hydrogen) atoms. The van der Waals surface area contributed by atoms with Crippen molar-refractivity contribution in [2.24, 2.45) is 5.92 Å². The van der Waals surface area contributed by atoms with Crippen LogP contribution >= 0.6 is 0 Å². The molecule has 1 rings (SSSR count). The molecule has 1 fully saturated rings. The summed E-state index contributed by atoms with van der Waals surface area (Å²) in [5.74, 6) is -0.724. The lowest BCUT2D eigenvalue weighted by atomic mass is 10.1. The maximum atomic E-state index is 11.7. The standard InChI is InChI=1S/C13H22N2O5/c1-19-12(17)4-3-6-14-11(16)9-15-7-5-10(8-15)13(18)20-2/h10H,3-9H2,1-2H3,(H,14,16). The number of hydrogen-bond acceptors (Lipinski definition) is 6. The molecule has 1 unspecified atom stereocenters. The summed E-state index contributed by atoms with van der Waals surface area (Å²) in [6.07, 6.45) is 1.58. The number of methoxy groups -OCH3 is 2. The highest BCUT2D eigenvalue weighted by molar-refractivity contribution is 5.78. The van der Waals surface area contributed by atoms with Crippen LogP contribution in [-0.2, 0) is 23.9 Å². The van der Waals surface area contributed by atoms with Gasteiger partial charge in [0.25, 0.3) is 0 Å². The van der Waals surface area contributed by atoms with Crippen LogP contribution in [-0.4, -0.2) is 63.1 Å². The molecule has 1 heterocycles. The number of rotatable bonds is 7. The van der Waals surface area contributed by atoms with Crippen molar-refractivity contribution < 1.29 is 23.9 Å². The normalized spacial score (nSPS) is 18.6. The van der Waals surface area contributed by atoms with E-state index in [1.165, 1.54) is 14.2 Å². The summed E-state index contributed by atoms with van der Waals surface area (Å²) >= 11 is 0. The van der Waals surface area contributed by atoms with Crippen LogP contribution in [0.15, 0.2) is 0 Å². The Morgan fingerprint density at radius 2 is 2.00 bits per heavy atom. The van der Waals surface area contributed by atoms with Crippen molar-refractivity contribution in [3.05, 3.63) is 0 Å². The van der Waals surface area contributed by atoms with Gasteiger partial charge in [0.2, 0.25) is 5.91 Å². The van der Waals surface area contributed by atoms with Gasteiger partial charge >= 0.3 is 11.9 Å². The number of carbonyl (C=O) groups is 3. The summed E-state index contributed by atoms with van der Waals surface area (Å²) in [6, 6.07) is 0. The van der Waals surface area contributed by atoms with Gasteiger partial charge in [-0.15, -0.1) is 0 Å². The van der Waals surface area contributed by atoms with E-state index >= 15 is 0 Å². The average molecular weight is 286 g/mol. The zero-order chi connectivity index (χ0) is 15.0. The predicted molar refractivity (Wildman–Crippen MR) is 70.8 cm³/mol. The first kappa shape index (κ1) is 16.4. The van der Waals surface area contributed by atoms with Crippen LogP contribution in [0.1, 0.15) is 19.3 Å². The molecular weight excluding hydrogens is 264 g/mol. The minimum atomic E-state index is -0.278. The summed E-state index contributed by atoms with van der Waals surface area (Å²) in [6.45, 7) is 1.99. The number of nitrogens with one attached hydrogen (secondary N) is 1. The van der Waals surface area contributed by atoms with E-state index in [0.29, 0.717) is 25.9 Å². The van der Waals surface area contributed by atoms with Crippen molar-refractivity contribution >= 4 is 17.8 Å². The molecule has 1 amide bonds. The minimum Gasteiger partial charge on any atom is -0.469 e. The molecule has 0 aliphatic carbocycles. The summed E-state index contributed by atoms with van der Waals surface area (Å²) in [4.78, 5) is 35.8. The van der Waals surface area contributed by atoms with E-state index in [1.54, 1.807) is 0 Å². The largest absolute Gasteiger partial charge is 0.469 e. The third-order valence-electron chi connectivity index (χ3n) is 3.28. The minimum absolute atomic E-state index is 0.0969. The quantitative estimate of drug-likeness (QED) is 0.504. The lowest BCUT2D eigenvalue weighted by Gasteiger charge is -2.15. The number of esters is 2. The molecule has 0 aromatic heterocycles. The Balaban J connectivity index is 2.14. The molecule has 1 atom stereocenters. The highest BCUT2D eigenvalue weighted by atomic mass is 16.5. The molecule has 0 radical (unpaired) electrons. The summed E-state index contributed by atoms with van der Waals surface area (Å²) in [5.41, 5.74) is 0. The molecule has 1 aliphatic rings. The predicted octanol–water partition coefficient (Wildman–Crippen LogP) is -0.449. The topological polar surface area (TPSA) is 84.9 Å². The third-order valence-corrected chi connectivity index (χ3v) is 3.28.